The van der Waals surface area contributed by atoms with Crippen molar-refractivity contribution in [1.82, 2.24) is 19.5 Å². The van der Waals surface area contributed by atoms with Gasteiger partial charge < -0.3 is 4.57 Å². The Hall–Kier alpha value is -6.21. The zero-order valence-electron chi connectivity index (χ0n) is 27.1. The molecule has 0 aliphatic rings. The predicted molar refractivity (Wildman–Crippen MR) is 216 cm³/mol. The Morgan fingerprint density at radius 2 is 0.843 bits per heavy atom. The summed E-state index contributed by atoms with van der Waals surface area (Å²) in [6.07, 6.45) is 0. The van der Waals surface area contributed by atoms with E-state index in [1.807, 2.05) is 59.1 Å². The van der Waals surface area contributed by atoms with Crippen LogP contribution in [0.1, 0.15) is 0 Å². The first kappa shape index (κ1) is 28.6. The maximum Gasteiger partial charge on any atom is 0.165 e. The molecular formula is C45H26N4S2. The van der Waals surface area contributed by atoms with Crippen molar-refractivity contribution in [3.05, 3.63) is 158 Å². The third-order valence-corrected chi connectivity index (χ3v) is 12.3. The molecule has 51 heavy (non-hydrogen) atoms. The molecular weight excluding hydrogens is 661 g/mol. The molecule has 0 unspecified atom stereocenters. The van der Waals surface area contributed by atoms with E-state index in [9.17, 15) is 0 Å². The van der Waals surface area contributed by atoms with Crippen LogP contribution in [-0.2, 0) is 0 Å². The largest absolute Gasteiger partial charge is 0.308 e. The molecule has 238 valence electrons. The van der Waals surface area contributed by atoms with Crippen molar-refractivity contribution in [2.45, 2.75) is 0 Å². The molecule has 11 aromatic rings. The zero-order chi connectivity index (χ0) is 33.5. The fourth-order valence-corrected chi connectivity index (χ4v) is 10.1. The first-order chi connectivity index (χ1) is 25.3. The molecule has 0 aliphatic heterocycles. The SMILES string of the molecule is c1ccc(-c2nc(-c3ccccc3)nc(-c3cccc4c3sc3ccc5sc6c(-n7c8ccccc8c8ccccc87)cccc6c5c34)n2)cc1. The number of benzene rings is 7. The normalized spacial score (nSPS) is 11.9. The van der Waals surface area contributed by atoms with Crippen LogP contribution in [0.3, 0.4) is 0 Å². The van der Waals surface area contributed by atoms with Crippen LogP contribution >= 0.6 is 22.7 Å². The lowest BCUT2D eigenvalue weighted by Crippen LogP contribution is -2.00. The Morgan fingerprint density at radius 1 is 0.373 bits per heavy atom. The molecule has 11 rings (SSSR count). The molecule has 0 fully saturated rings. The second-order valence-corrected chi connectivity index (χ2v) is 14.9. The van der Waals surface area contributed by atoms with Crippen molar-refractivity contribution < 1.29 is 0 Å². The zero-order valence-corrected chi connectivity index (χ0v) is 28.7. The van der Waals surface area contributed by atoms with Gasteiger partial charge in [0.25, 0.3) is 0 Å². The van der Waals surface area contributed by atoms with Crippen LogP contribution in [0, 0.1) is 0 Å². The van der Waals surface area contributed by atoms with Gasteiger partial charge in [0.2, 0.25) is 0 Å². The van der Waals surface area contributed by atoms with Crippen molar-refractivity contribution >= 4 is 84.8 Å². The number of hydrogen-bond donors (Lipinski definition) is 0. The van der Waals surface area contributed by atoms with E-state index in [0.717, 1.165) is 16.7 Å². The van der Waals surface area contributed by atoms with Gasteiger partial charge in [0, 0.05) is 63.1 Å². The molecule has 6 heteroatoms. The van der Waals surface area contributed by atoms with Gasteiger partial charge in [0.05, 0.1) is 21.4 Å². The van der Waals surface area contributed by atoms with Crippen LogP contribution in [0.25, 0.3) is 102 Å². The maximum absolute atomic E-state index is 5.10. The van der Waals surface area contributed by atoms with Gasteiger partial charge in [-0.2, -0.15) is 0 Å². The standard InChI is InChI=1S/C45H26N4S2/c1-3-13-27(14-4-1)43-46-44(28-15-5-2-6-16-28)48-45(47-43)33-21-11-19-31-39-37(50-41(31)33)25-26-38-40(39)32-20-12-24-36(42(32)51-38)49-34-22-9-7-17-29(34)30-18-8-10-23-35(30)49/h1-26H. The lowest BCUT2D eigenvalue weighted by Gasteiger charge is -2.09. The summed E-state index contributed by atoms with van der Waals surface area (Å²) in [5.41, 5.74) is 6.61. The molecule has 4 nitrogen and oxygen atoms in total. The summed E-state index contributed by atoms with van der Waals surface area (Å²) in [5.74, 6) is 2.02. The minimum absolute atomic E-state index is 0.668. The van der Waals surface area contributed by atoms with Crippen molar-refractivity contribution in [3.8, 4) is 39.9 Å². The molecule has 0 radical (unpaired) electrons. The molecule has 0 spiro atoms. The number of hydrogen-bond acceptors (Lipinski definition) is 5. The monoisotopic (exact) mass is 686 g/mol. The predicted octanol–water partition coefficient (Wildman–Crippen LogP) is 12.7. The van der Waals surface area contributed by atoms with Gasteiger partial charge >= 0.3 is 0 Å². The second kappa shape index (κ2) is 11.2. The molecule has 0 aliphatic carbocycles. The average molecular weight is 687 g/mol. The Morgan fingerprint density at radius 3 is 1.45 bits per heavy atom. The summed E-state index contributed by atoms with van der Waals surface area (Å²) in [6.45, 7) is 0. The number of rotatable bonds is 4. The van der Waals surface area contributed by atoms with E-state index in [1.165, 1.54) is 67.8 Å². The van der Waals surface area contributed by atoms with Gasteiger partial charge in [-0.25, -0.2) is 15.0 Å². The average Bonchev–Trinajstić information content (AvgIpc) is 3.88. The molecule has 0 bridgehead atoms. The van der Waals surface area contributed by atoms with Gasteiger partial charge in [-0.3, -0.25) is 0 Å². The molecule has 0 N–H and O–H groups in total. The van der Waals surface area contributed by atoms with E-state index in [2.05, 4.69) is 126 Å². The summed E-state index contributed by atoms with van der Waals surface area (Å²) < 4.78 is 7.46. The Kier molecular flexibility index (Phi) is 6.26. The number of nitrogens with zero attached hydrogens (tertiary/aromatic N) is 4. The van der Waals surface area contributed by atoms with Crippen LogP contribution in [0.15, 0.2) is 158 Å². The Balaban J connectivity index is 1.17. The lowest BCUT2D eigenvalue weighted by molar-refractivity contribution is 1.08. The minimum Gasteiger partial charge on any atom is -0.308 e. The number of thiophene rings is 2. The van der Waals surface area contributed by atoms with Gasteiger partial charge in [-0.05, 0) is 36.4 Å². The summed E-state index contributed by atoms with van der Waals surface area (Å²) >= 11 is 3.70. The highest BCUT2D eigenvalue weighted by Gasteiger charge is 2.21. The molecule has 0 amide bonds. The third-order valence-electron chi connectivity index (χ3n) is 9.86. The Labute approximate surface area is 300 Å². The summed E-state index contributed by atoms with van der Waals surface area (Å²) in [6, 6.07) is 55.8. The van der Waals surface area contributed by atoms with Gasteiger partial charge in [0.1, 0.15) is 0 Å². The third kappa shape index (κ3) is 4.34. The van der Waals surface area contributed by atoms with Crippen molar-refractivity contribution in [2.24, 2.45) is 0 Å². The van der Waals surface area contributed by atoms with Crippen molar-refractivity contribution in [2.75, 3.05) is 0 Å². The topological polar surface area (TPSA) is 43.6 Å². The Bertz CT molecular complexity index is 3030. The quantitative estimate of drug-likeness (QED) is 0.185. The van der Waals surface area contributed by atoms with E-state index in [4.69, 9.17) is 15.0 Å². The van der Waals surface area contributed by atoms with Crippen LogP contribution in [-0.4, -0.2) is 19.5 Å². The smallest absolute Gasteiger partial charge is 0.165 e. The molecule has 0 saturated heterocycles. The van der Waals surface area contributed by atoms with Gasteiger partial charge in [0.15, 0.2) is 17.5 Å². The lowest BCUT2D eigenvalue weighted by atomic mass is 10.0. The van der Waals surface area contributed by atoms with Crippen LogP contribution in [0.5, 0.6) is 0 Å². The van der Waals surface area contributed by atoms with E-state index in [0.29, 0.717) is 17.5 Å². The van der Waals surface area contributed by atoms with Crippen LogP contribution in [0.4, 0.5) is 0 Å². The summed E-state index contributed by atoms with van der Waals surface area (Å²) in [5, 5.41) is 7.65. The highest BCUT2D eigenvalue weighted by Crippen LogP contribution is 2.48. The first-order valence-corrected chi connectivity index (χ1v) is 18.6. The van der Waals surface area contributed by atoms with E-state index in [1.54, 1.807) is 0 Å². The highest BCUT2D eigenvalue weighted by atomic mass is 32.1. The molecule has 4 aromatic heterocycles. The van der Waals surface area contributed by atoms with Crippen LogP contribution in [0.2, 0.25) is 0 Å². The number of fused-ring (bicyclic) bond motifs is 10. The summed E-state index contributed by atoms with van der Waals surface area (Å²) in [4.78, 5) is 15.1. The van der Waals surface area contributed by atoms with E-state index in [-0.39, 0.29) is 0 Å². The highest BCUT2D eigenvalue weighted by molar-refractivity contribution is 7.28. The maximum atomic E-state index is 5.10. The van der Waals surface area contributed by atoms with Gasteiger partial charge in [-0.1, -0.05) is 121 Å². The molecule has 7 aromatic carbocycles. The van der Waals surface area contributed by atoms with Gasteiger partial charge in [-0.15, -0.1) is 22.7 Å². The van der Waals surface area contributed by atoms with E-state index < -0.39 is 0 Å². The minimum atomic E-state index is 0.668. The summed E-state index contributed by atoms with van der Waals surface area (Å²) in [7, 11) is 0. The number of aromatic nitrogens is 4. The second-order valence-electron chi connectivity index (χ2n) is 12.8. The number of para-hydroxylation sites is 2. The van der Waals surface area contributed by atoms with Crippen molar-refractivity contribution in [1.29, 1.82) is 0 Å². The van der Waals surface area contributed by atoms with E-state index >= 15 is 0 Å². The van der Waals surface area contributed by atoms with Crippen molar-refractivity contribution in [3.63, 3.8) is 0 Å². The fraction of sp³-hybridized carbons (Fsp3) is 0. The molecule has 0 atom stereocenters. The fourth-order valence-electron chi connectivity index (χ4n) is 7.63. The first-order valence-electron chi connectivity index (χ1n) is 17.0. The van der Waals surface area contributed by atoms with Crippen LogP contribution < -0.4 is 0 Å². The molecule has 4 heterocycles. The molecule has 0 saturated carbocycles.